The Morgan fingerprint density at radius 2 is 2.38 bits per heavy atom. The molecule has 0 aromatic rings. The minimum absolute atomic E-state index is 0.776. The summed E-state index contributed by atoms with van der Waals surface area (Å²) in [5.41, 5.74) is 1.51. The molecule has 0 nitrogen and oxygen atoms in total. The summed E-state index contributed by atoms with van der Waals surface area (Å²) in [5, 5.41) is 0. The van der Waals surface area contributed by atoms with Crippen molar-refractivity contribution in [2.75, 3.05) is 0 Å². The van der Waals surface area contributed by atoms with E-state index in [1.54, 1.807) is 0 Å². The zero-order chi connectivity index (χ0) is 5.98. The SMILES string of the molecule is CCC=CC1=CC1C. The average Bonchev–Trinajstić information content (AvgIpc) is 2.42. The Kier molecular flexibility index (Phi) is 1.52. The van der Waals surface area contributed by atoms with Crippen LogP contribution < -0.4 is 0 Å². The third-order valence-electron chi connectivity index (χ3n) is 1.41. The minimum Gasteiger partial charge on any atom is -0.0845 e. The summed E-state index contributed by atoms with van der Waals surface area (Å²) in [7, 11) is 0. The van der Waals surface area contributed by atoms with E-state index >= 15 is 0 Å². The van der Waals surface area contributed by atoms with E-state index in [0.29, 0.717) is 0 Å². The van der Waals surface area contributed by atoms with Gasteiger partial charge in [0, 0.05) is 0 Å². The van der Waals surface area contributed by atoms with E-state index in [9.17, 15) is 0 Å². The lowest BCUT2D eigenvalue weighted by molar-refractivity contribution is 1.05. The summed E-state index contributed by atoms with van der Waals surface area (Å²) >= 11 is 0. The highest BCUT2D eigenvalue weighted by molar-refractivity contribution is 5.37. The van der Waals surface area contributed by atoms with Gasteiger partial charge in [0.1, 0.15) is 0 Å². The van der Waals surface area contributed by atoms with Gasteiger partial charge in [0.25, 0.3) is 0 Å². The Hall–Kier alpha value is -0.520. The maximum atomic E-state index is 2.27. The molecule has 0 fully saturated rings. The Morgan fingerprint density at radius 3 is 2.75 bits per heavy atom. The van der Waals surface area contributed by atoms with Crippen LogP contribution in [-0.4, -0.2) is 0 Å². The zero-order valence-corrected chi connectivity index (χ0v) is 5.52. The number of rotatable bonds is 2. The third kappa shape index (κ3) is 1.22. The second-order valence-corrected chi connectivity index (χ2v) is 2.27. The Labute approximate surface area is 50.9 Å². The van der Waals surface area contributed by atoms with E-state index in [1.807, 2.05) is 0 Å². The molecule has 0 spiro atoms. The first-order chi connectivity index (χ1) is 3.84. The maximum absolute atomic E-state index is 2.27. The largest absolute Gasteiger partial charge is 0.0845 e. The standard InChI is InChI=1S/C8H12/c1-3-4-5-8-6-7(8)2/h4-7H,3H2,1-2H3. The normalized spacial score (nSPS) is 26.2. The molecule has 0 heterocycles. The molecule has 44 valence electrons. The van der Waals surface area contributed by atoms with Gasteiger partial charge in [0.05, 0.1) is 0 Å². The van der Waals surface area contributed by atoms with Crippen LogP contribution in [0.5, 0.6) is 0 Å². The lowest BCUT2D eigenvalue weighted by Crippen LogP contribution is -1.63. The van der Waals surface area contributed by atoms with Gasteiger partial charge in [0.2, 0.25) is 0 Å². The minimum atomic E-state index is 0.776. The summed E-state index contributed by atoms with van der Waals surface area (Å²) in [4.78, 5) is 0. The van der Waals surface area contributed by atoms with Gasteiger partial charge in [0.15, 0.2) is 0 Å². The van der Waals surface area contributed by atoms with Gasteiger partial charge < -0.3 is 0 Å². The molecule has 0 aromatic carbocycles. The molecule has 1 rings (SSSR count). The lowest BCUT2D eigenvalue weighted by Gasteiger charge is -1.78. The fraction of sp³-hybridized carbons (Fsp3) is 0.500. The molecule has 0 heteroatoms. The molecule has 1 atom stereocenters. The molecule has 1 aliphatic rings. The summed E-state index contributed by atoms with van der Waals surface area (Å²) in [5.74, 6) is 0.776. The molecule has 0 bridgehead atoms. The van der Waals surface area contributed by atoms with Crippen LogP contribution in [0.3, 0.4) is 0 Å². The van der Waals surface area contributed by atoms with Crippen LogP contribution >= 0.6 is 0 Å². The van der Waals surface area contributed by atoms with Crippen LogP contribution in [0.25, 0.3) is 0 Å². The first kappa shape index (κ1) is 5.61. The van der Waals surface area contributed by atoms with Crippen LogP contribution in [0.1, 0.15) is 20.3 Å². The summed E-state index contributed by atoms with van der Waals surface area (Å²) in [6, 6.07) is 0. The van der Waals surface area contributed by atoms with E-state index in [4.69, 9.17) is 0 Å². The van der Waals surface area contributed by atoms with Crippen molar-refractivity contribution in [2.24, 2.45) is 5.92 Å². The molecule has 1 aliphatic carbocycles. The number of allylic oxidation sites excluding steroid dienone is 4. The van der Waals surface area contributed by atoms with Crippen molar-refractivity contribution in [3.63, 3.8) is 0 Å². The van der Waals surface area contributed by atoms with Gasteiger partial charge in [-0.15, -0.1) is 0 Å². The number of hydrogen-bond acceptors (Lipinski definition) is 0. The summed E-state index contributed by atoms with van der Waals surface area (Å²) in [6.07, 6.45) is 7.84. The predicted octanol–water partition coefficient (Wildman–Crippen LogP) is 2.53. The topological polar surface area (TPSA) is 0 Å². The van der Waals surface area contributed by atoms with Crippen LogP contribution in [-0.2, 0) is 0 Å². The van der Waals surface area contributed by atoms with Crippen molar-refractivity contribution in [3.8, 4) is 0 Å². The smallest absolute Gasteiger partial charge is 0.000745 e. The van der Waals surface area contributed by atoms with Gasteiger partial charge >= 0.3 is 0 Å². The second kappa shape index (κ2) is 2.17. The molecule has 0 radical (unpaired) electrons. The Bertz CT molecular complexity index is 129. The van der Waals surface area contributed by atoms with Crippen molar-refractivity contribution in [1.82, 2.24) is 0 Å². The molecule has 0 amide bonds. The summed E-state index contributed by atoms with van der Waals surface area (Å²) < 4.78 is 0. The van der Waals surface area contributed by atoms with Crippen molar-refractivity contribution in [3.05, 3.63) is 23.8 Å². The van der Waals surface area contributed by atoms with Crippen LogP contribution in [0.15, 0.2) is 23.8 Å². The fourth-order valence-electron chi connectivity index (χ4n) is 0.702. The molecular formula is C8H12. The molecule has 0 aliphatic heterocycles. The zero-order valence-electron chi connectivity index (χ0n) is 5.52. The van der Waals surface area contributed by atoms with Gasteiger partial charge in [-0.3, -0.25) is 0 Å². The first-order valence-electron chi connectivity index (χ1n) is 3.23. The predicted molar refractivity (Wildman–Crippen MR) is 36.7 cm³/mol. The van der Waals surface area contributed by atoms with Crippen molar-refractivity contribution < 1.29 is 0 Å². The fourth-order valence-corrected chi connectivity index (χ4v) is 0.702. The molecule has 8 heavy (non-hydrogen) atoms. The first-order valence-corrected chi connectivity index (χ1v) is 3.23. The molecule has 0 saturated carbocycles. The van der Waals surface area contributed by atoms with Gasteiger partial charge in [-0.05, 0) is 17.9 Å². The highest BCUT2D eigenvalue weighted by atomic mass is 14.2. The second-order valence-electron chi connectivity index (χ2n) is 2.27. The molecular weight excluding hydrogens is 96.1 g/mol. The van der Waals surface area contributed by atoms with Crippen molar-refractivity contribution >= 4 is 0 Å². The lowest BCUT2D eigenvalue weighted by atomic mass is 10.3. The molecule has 0 saturated heterocycles. The Balaban J connectivity index is 2.22. The van der Waals surface area contributed by atoms with E-state index in [2.05, 4.69) is 32.1 Å². The monoisotopic (exact) mass is 108 g/mol. The number of hydrogen-bond donors (Lipinski definition) is 0. The maximum Gasteiger partial charge on any atom is -0.000745 e. The summed E-state index contributed by atoms with van der Waals surface area (Å²) in [6.45, 7) is 4.37. The van der Waals surface area contributed by atoms with Crippen LogP contribution in [0, 0.1) is 5.92 Å². The third-order valence-corrected chi connectivity index (χ3v) is 1.41. The van der Waals surface area contributed by atoms with Crippen molar-refractivity contribution in [1.29, 1.82) is 0 Å². The average molecular weight is 108 g/mol. The van der Waals surface area contributed by atoms with Gasteiger partial charge in [-0.1, -0.05) is 32.1 Å². The molecule has 0 N–H and O–H groups in total. The van der Waals surface area contributed by atoms with Gasteiger partial charge in [-0.25, -0.2) is 0 Å². The van der Waals surface area contributed by atoms with Gasteiger partial charge in [-0.2, -0.15) is 0 Å². The van der Waals surface area contributed by atoms with Crippen molar-refractivity contribution in [2.45, 2.75) is 20.3 Å². The quantitative estimate of drug-likeness (QED) is 0.510. The Morgan fingerprint density at radius 1 is 1.75 bits per heavy atom. The van der Waals surface area contributed by atoms with Crippen LogP contribution in [0.4, 0.5) is 0 Å². The van der Waals surface area contributed by atoms with Crippen LogP contribution in [0.2, 0.25) is 0 Å². The van der Waals surface area contributed by atoms with E-state index < -0.39 is 0 Å². The van der Waals surface area contributed by atoms with E-state index in [0.717, 1.165) is 12.3 Å². The molecule has 0 aromatic heterocycles. The highest BCUT2D eigenvalue weighted by Crippen LogP contribution is 2.28. The van der Waals surface area contributed by atoms with E-state index in [-0.39, 0.29) is 0 Å². The highest BCUT2D eigenvalue weighted by Gasteiger charge is 2.14. The van der Waals surface area contributed by atoms with E-state index in [1.165, 1.54) is 5.57 Å². The molecule has 1 unspecified atom stereocenters.